The molecule has 0 saturated heterocycles. The molecule has 4 aromatic rings. The minimum absolute atomic E-state index is 0.0120. The molecule has 0 spiro atoms. The maximum Gasteiger partial charge on any atom is 0.243 e. The molecule has 0 bridgehead atoms. The van der Waals surface area contributed by atoms with Gasteiger partial charge in [-0.15, -0.1) is 0 Å². The molecule has 4 nitrogen and oxygen atoms in total. The summed E-state index contributed by atoms with van der Waals surface area (Å²) in [5.41, 5.74) is 4.35. The Hall–Kier alpha value is -3.92. The van der Waals surface area contributed by atoms with Crippen LogP contribution < -0.4 is 5.32 Å². The third-order valence-electron chi connectivity index (χ3n) is 6.74. The van der Waals surface area contributed by atoms with E-state index in [2.05, 4.69) is 35.6 Å². The summed E-state index contributed by atoms with van der Waals surface area (Å²) in [5, 5.41) is 5.39. The van der Waals surface area contributed by atoms with Crippen molar-refractivity contribution < 1.29 is 9.59 Å². The molecule has 0 saturated carbocycles. The lowest BCUT2D eigenvalue weighted by molar-refractivity contribution is -0.141. The van der Waals surface area contributed by atoms with Gasteiger partial charge in [0.2, 0.25) is 11.8 Å². The Morgan fingerprint density at radius 3 is 2.32 bits per heavy atom. The Bertz CT molecular complexity index is 1330. The van der Waals surface area contributed by atoms with Crippen molar-refractivity contribution in [1.29, 1.82) is 0 Å². The van der Waals surface area contributed by atoms with Crippen LogP contribution in [-0.4, -0.2) is 29.3 Å². The Labute approximate surface area is 220 Å². The number of amides is 2. The Morgan fingerprint density at radius 1 is 0.838 bits per heavy atom. The molecule has 0 unspecified atom stereocenters. The van der Waals surface area contributed by atoms with Crippen molar-refractivity contribution in [3.05, 3.63) is 119 Å². The third-order valence-corrected chi connectivity index (χ3v) is 6.74. The van der Waals surface area contributed by atoms with E-state index >= 15 is 0 Å². The van der Waals surface area contributed by atoms with Crippen LogP contribution in [0.15, 0.2) is 97.1 Å². The highest BCUT2D eigenvalue weighted by molar-refractivity contribution is 5.89. The van der Waals surface area contributed by atoms with Gasteiger partial charge in [-0.1, -0.05) is 110 Å². The van der Waals surface area contributed by atoms with E-state index in [1.54, 1.807) is 4.90 Å². The van der Waals surface area contributed by atoms with Crippen LogP contribution in [0.2, 0.25) is 0 Å². The summed E-state index contributed by atoms with van der Waals surface area (Å²) in [6.07, 6.45) is 2.28. The highest BCUT2D eigenvalue weighted by Crippen LogP contribution is 2.22. The van der Waals surface area contributed by atoms with E-state index in [-0.39, 0.29) is 11.8 Å². The molecular formula is C33H36N2O2. The molecule has 0 aliphatic rings. The minimum Gasteiger partial charge on any atom is -0.354 e. The molecule has 1 N–H and O–H groups in total. The number of fused-ring (bicyclic) bond motifs is 1. The molecule has 4 aromatic carbocycles. The fourth-order valence-electron chi connectivity index (χ4n) is 4.82. The second-order valence-corrected chi connectivity index (χ2v) is 9.65. The predicted octanol–water partition coefficient (Wildman–Crippen LogP) is 6.25. The fraction of sp³-hybridized carbons (Fsp3) is 0.273. The summed E-state index contributed by atoms with van der Waals surface area (Å²) in [6, 6.07) is 32.0. The summed E-state index contributed by atoms with van der Waals surface area (Å²) in [6.45, 7) is 5.07. The van der Waals surface area contributed by atoms with Gasteiger partial charge in [0.25, 0.3) is 0 Å². The van der Waals surface area contributed by atoms with Crippen molar-refractivity contribution in [2.45, 2.75) is 52.1 Å². The first-order chi connectivity index (χ1) is 18.0. The minimum atomic E-state index is -0.588. The number of aryl methyl sites for hydroxylation is 2. The number of carbonyl (C=O) groups excluding carboxylic acids is 2. The Balaban J connectivity index is 1.63. The SMILES string of the molecule is CCCNC(=O)[C@@H](Cc1ccccc1)N(Cc1cccc(C)c1)C(=O)CCc1cccc2ccccc12. The van der Waals surface area contributed by atoms with Crippen LogP contribution in [0.1, 0.15) is 42.0 Å². The summed E-state index contributed by atoms with van der Waals surface area (Å²) in [5.74, 6) is -0.112. The zero-order valence-electron chi connectivity index (χ0n) is 21.8. The number of rotatable bonds is 11. The van der Waals surface area contributed by atoms with E-state index in [0.29, 0.717) is 32.4 Å². The Morgan fingerprint density at radius 2 is 1.54 bits per heavy atom. The number of carbonyl (C=O) groups is 2. The molecule has 2 amide bonds. The van der Waals surface area contributed by atoms with E-state index in [9.17, 15) is 9.59 Å². The van der Waals surface area contributed by atoms with Gasteiger partial charge < -0.3 is 10.2 Å². The van der Waals surface area contributed by atoms with Crippen LogP contribution in [0.25, 0.3) is 10.8 Å². The fourth-order valence-corrected chi connectivity index (χ4v) is 4.82. The molecule has 0 aromatic heterocycles. The summed E-state index contributed by atoms with van der Waals surface area (Å²) in [7, 11) is 0. The van der Waals surface area contributed by atoms with Gasteiger partial charge in [0, 0.05) is 25.9 Å². The monoisotopic (exact) mass is 492 g/mol. The van der Waals surface area contributed by atoms with Crippen molar-refractivity contribution >= 4 is 22.6 Å². The van der Waals surface area contributed by atoms with Crippen LogP contribution >= 0.6 is 0 Å². The van der Waals surface area contributed by atoms with Crippen molar-refractivity contribution in [2.75, 3.05) is 6.54 Å². The predicted molar refractivity (Wildman–Crippen MR) is 151 cm³/mol. The van der Waals surface area contributed by atoms with Gasteiger partial charge in [0.15, 0.2) is 0 Å². The van der Waals surface area contributed by atoms with E-state index < -0.39 is 6.04 Å². The van der Waals surface area contributed by atoms with E-state index in [0.717, 1.165) is 28.7 Å². The number of nitrogens with one attached hydrogen (secondary N) is 1. The van der Waals surface area contributed by atoms with Crippen molar-refractivity contribution in [2.24, 2.45) is 0 Å². The molecule has 1 atom stereocenters. The molecule has 0 fully saturated rings. The topological polar surface area (TPSA) is 49.4 Å². The van der Waals surface area contributed by atoms with Crippen LogP contribution in [0.3, 0.4) is 0 Å². The Kier molecular flexibility index (Phi) is 9.09. The number of benzene rings is 4. The second kappa shape index (κ2) is 12.9. The molecule has 37 heavy (non-hydrogen) atoms. The smallest absolute Gasteiger partial charge is 0.243 e. The van der Waals surface area contributed by atoms with Crippen molar-refractivity contribution in [3.63, 3.8) is 0 Å². The molecular weight excluding hydrogens is 456 g/mol. The number of nitrogens with zero attached hydrogens (tertiary/aromatic N) is 1. The summed E-state index contributed by atoms with van der Waals surface area (Å²) < 4.78 is 0. The van der Waals surface area contributed by atoms with E-state index in [4.69, 9.17) is 0 Å². The highest BCUT2D eigenvalue weighted by atomic mass is 16.2. The van der Waals surface area contributed by atoms with Crippen molar-refractivity contribution in [1.82, 2.24) is 10.2 Å². The van der Waals surface area contributed by atoms with Gasteiger partial charge in [0.05, 0.1) is 0 Å². The van der Waals surface area contributed by atoms with Crippen LogP contribution in [-0.2, 0) is 29.0 Å². The summed E-state index contributed by atoms with van der Waals surface area (Å²) in [4.78, 5) is 29.1. The lowest BCUT2D eigenvalue weighted by Gasteiger charge is -2.32. The summed E-state index contributed by atoms with van der Waals surface area (Å²) >= 11 is 0. The maximum atomic E-state index is 13.9. The highest BCUT2D eigenvalue weighted by Gasteiger charge is 2.30. The molecule has 0 radical (unpaired) electrons. The molecule has 190 valence electrons. The standard InChI is InChI=1S/C33H36N2O2/c1-3-21-34-33(37)31(23-26-12-5-4-6-13-26)35(24-27-14-9-11-25(2)22-27)32(36)20-19-29-17-10-16-28-15-7-8-18-30(28)29/h4-18,22,31H,3,19-21,23-24H2,1-2H3,(H,34,37)/t31-/m1/s1. The normalized spacial score (nSPS) is 11.7. The van der Waals surface area contributed by atoms with Crippen molar-refractivity contribution in [3.8, 4) is 0 Å². The van der Waals surface area contributed by atoms with Crippen LogP contribution in [0, 0.1) is 6.92 Å². The lowest BCUT2D eigenvalue weighted by atomic mass is 9.99. The maximum absolute atomic E-state index is 13.9. The molecule has 0 aliphatic carbocycles. The largest absolute Gasteiger partial charge is 0.354 e. The average molecular weight is 493 g/mol. The van der Waals surface area contributed by atoms with Crippen LogP contribution in [0.4, 0.5) is 0 Å². The first-order valence-electron chi connectivity index (χ1n) is 13.2. The van der Waals surface area contributed by atoms with Gasteiger partial charge >= 0.3 is 0 Å². The van der Waals surface area contributed by atoms with Gasteiger partial charge in [-0.05, 0) is 47.2 Å². The number of hydrogen-bond donors (Lipinski definition) is 1. The van der Waals surface area contributed by atoms with Gasteiger partial charge in [-0.3, -0.25) is 9.59 Å². The van der Waals surface area contributed by atoms with E-state index in [1.165, 1.54) is 10.8 Å². The lowest BCUT2D eigenvalue weighted by Crippen LogP contribution is -2.50. The quantitative estimate of drug-likeness (QED) is 0.269. The average Bonchev–Trinajstić information content (AvgIpc) is 2.93. The van der Waals surface area contributed by atoms with Gasteiger partial charge in [0.1, 0.15) is 6.04 Å². The molecule has 0 aliphatic heterocycles. The zero-order chi connectivity index (χ0) is 26.0. The van der Waals surface area contributed by atoms with Gasteiger partial charge in [-0.25, -0.2) is 0 Å². The second-order valence-electron chi connectivity index (χ2n) is 9.65. The zero-order valence-corrected chi connectivity index (χ0v) is 21.8. The van der Waals surface area contributed by atoms with Gasteiger partial charge in [-0.2, -0.15) is 0 Å². The molecule has 4 rings (SSSR count). The third kappa shape index (κ3) is 7.07. The van der Waals surface area contributed by atoms with Crippen LogP contribution in [0.5, 0.6) is 0 Å². The molecule has 0 heterocycles. The first kappa shape index (κ1) is 26.2. The first-order valence-corrected chi connectivity index (χ1v) is 13.2. The number of hydrogen-bond acceptors (Lipinski definition) is 2. The molecule has 4 heteroatoms. The van der Waals surface area contributed by atoms with E-state index in [1.807, 2.05) is 80.6 Å².